The molecule has 86 valence electrons. The highest BCUT2D eigenvalue weighted by Crippen LogP contribution is 1.92. The van der Waals surface area contributed by atoms with Crippen LogP contribution in [0.1, 0.15) is 10.4 Å². The minimum absolute atomic E-state index is 0.392. The summed E-state index contributed by atoms with van der Waals surface area (Å²) >= 11 is 0. The van der Waals surface area contributed by atoms with Gasteiger partial charge >= 0.3 is 11.7 Å². The molecule has 7 heteroatoms. The molecule has 7 nitrogen and oxygen atoms in total. The average Bonchev–Trinajstić information content (AvgIpc) is 2.29. The van der Waals surface area contributed by atoms with Crippen LogP contribution >= 0.6 is 0 Å². The van der Waals surface area contributed by atoms with Gasteiger partial charge in [0.05, 0.1) is 7.11 Å². The first kappa shape index (κ1) is 11.9. The lowest BCUT2D eigenvalue weighted by molar-refractivity contribution is -0.135. The molecule has 1 rings (SSSR count). The van der Waals surface area contributed by atoms with Crippen molar-refractivity contribution in [3.63, 3.8) is 0 Å². The third-order valence-corrected chi connectivity index (χ3v) is 2.06. The zero-order valence-electron chi connectivity index (χ0n) is 9.01. The van der Waals surface area contributed by atoms with Crippen LogP contribution in [0.4, 0.5) is 0 Å². The molecule has 0 N–H and O–H groups in total. The standard InChI is InChI=1S/C9H10N2O5/c1-10-4-5(6(12)8(14)16-3)7(13)11(2)9(10)15/h4H,1-3H3. The van der Waals surface area contributed by atoms with Gasteiger partial charge < -0.3 is 9.30 Å². The number of nitrogens with zero attached hydrogens (tertiary/aromatic N) is 2. The van der Waals surface area contributed by atoms with E-state index in [1.165, 1.54) is 14.1 Å². The Hall–Kier alpha value is -2.18. The molecule has 1 aromatic heterocycles. The fourth-order valence-corrected chi connectivity index (χ4v) is 1.17. The number of ether oxygens (including phenoxy) is 1. The molecule has 0 aliphatic heterocycles. The van der Waals surface area contributed by atoms with Crippen molar-refractivity contribution in [2.75, 3.05) is 7.11 Å². The maximum Gasteiger partial charge on any atom is 0.379 e. The molecule has 0 bridgehead atoms. The van der Waals surface area contributed by atoms with Gasteiger partial charge in [-0.05, 0) is 0 Å². The highest BCUT2D eigenvalue weighted by molar-refractivity contribution is 6.40. The van der Waals surface area contributed by atoms with E-state index in [9.17, 15) is 19.2 Å². The lowest BCUT2D eigenvalue weighted by Crippen LogP contribution is -2.40. The SMILES string of the molecule is COC(=O)C(=O)c1cn(C)c(=O)n(C)c1=O. The second-order valence-electron chi connectivity index (χ2n) is 3.12. The quantitative estimate of drug-likeness (QED) is 0.346. The highest BCUT2D eigenvalue weighted by Gasteiger charge is 2.22. The Labute approximate surface area is 89.9 Å². The molecule has 0 aliphatic carbocycles. The van der Waals surface area contributed by atoms with E-state index >= 15 is 0 Å². The topological polar surface area (TPSA) is 87.4 Å². The number of esters is 1. The van der Waals surface area contributed by atoms with Crippen molar-refractivity contribution in [1.82, 2.24) is 9.13 Å². The van der Waals surface area contributed by atoms with Gasteiger partial charge in [-0.2, -0.15) is 0 Å². The van der Waals surface area contributed by atoms with E-state index in [-0.39, 0.29) is 0 Å². The minimum atomic E-state index is -1.14. The van der Waals surface area contributed by atoms with E-state index in [1.807, 2.05) is 0 Å². The molecule has 0 saturated carbocycles. The van der Waals surface area contributed by atoms with Gasteiger partial charge in [0.15, 0.2) is 0 Å². The van der Waals surface area contributed by atoms with Crippen LogP contribution in [0.25, 0.3) is 0 Å². The lowest BCUT2D eigenvalue weighted by atomic mass is 10.2. The maximum absolute atomic E-state index is 11.5. The number of aromatic nitrogens is 2. The molecule has 0 aliphatic rings. The number of rotatable bonds is 2. The Morgan fingerprint density at radius 1 is 1.25 bits per heavy atom. The predicted molar refractivity (Wildman–Crippen MR) is 53.3 cm³/mol. The molecule has 0 aromatic carbocycles. The van der Waals surface area contributed by atoms with Gasteiger partial charge in [-0.25, -0.2) is 9.59 Å². The second-order valence-corrected chi connectivity index (χ2v) is 3.12. The summed E-state index contributed by atoms with van der Waals surface area (Å²) in [5, 5.41) is 0. The van der Waals surface area contributed by atoms with E-state index in [0.717, 1.165) is 22.4 Å². The summed E-state index contributed by atoms with van der Waals surface area (Å²) in [5.74, 6) is -2.21. The first-order valence-electron chi connectivity index (χ1n) is 4.29. The number of hydrogen-bond donors (Lipinski definition) is 0. The Balaban J connectivity index is 3.49. The zero-order valence-corrected chi connectivity index (χ0v) is 9.01. The highest BCUT2D eigenvalue weighted by atomic mass is 16.5. The normalized spacial score (nSPS) is 9.94. The summed E-state index contributed by atoms with van der Waals surface area (Å²) in [5.41, 5.74) is -1.79. The van der Waals surface area contributed by atoms with E-state index < -0.39 is 28.6 Å². The van der Waals surface area contributed by atoms with Crippen molar-refractivity contribution >= 4 is 11.8 Å². The average molecular weight is 226 g/mol. The Kier molecular flexibility index (Phi) is 3.07. The third kappa shape index (κ3) is 1.79. The summed E-state index contributed by atoms with van der Waals surface area (Å²) < 4.78 is 5.99. The van der Waals surface area contributed by atoms with Crippen molar-refractivity contribution in [3.05, 3.63) is 32.6 Å². The molecule has 1 heterocycles. The molecule has 0 fully saturated rings. The zero-order chi connectivity index (χ0) is 12.5. The first-order chi connectivity index (χ1) is 7.40. The van der Waals surface area contributed by atoms with E-state index in [2.05, 4.69) is 4.74 Å². The summed E-state index contributed by atoms with van der Waals surface area (Å²) in [6.45, 7) is 0. The second kappa shape index (κ2) is 4.13. The molecule has 1 aromatic rings. The van der Waals surface area contributed by atoms with Crippen LogP contribution in [0.2, 0.25) is 0 Å². The smallest absolute Gasteiger partial charge is 0.379 e. The van der Waals surface area contributed by atoms with Gasteiger partial charge in [-0.1, -0.05) is 0 Å². The number of ketones is 1. The molecular weight excluding hydrogens is 216 g/mol. The monoisotopic (exact) mass is 226 g/mol. The molecule has 0 amide bonds. The van der Waals surface area contributed by atoms with Gasteiger partial charge in [0, 0.05) is 20.3 Å². The largest absolute Gasteiger partial charge is 0.463 e. The summed E-state index contributed by atoms with van der Waals surface area (Å²) in [6, 6.07) is 0. The number of aryl methyl sites for hydroxylation is 1. The Bertz CT molecular complexity index is 566. The first-order valence-corrected chi connectivity index (χ1v) is 4.29. The predicted octanol–water partition coefficient (Wildman–Crippen LogP) is -1.56. The van der Waals surface area contributed by atoms with Crippen LogP contribution in [0.15, 0.2) is 15.8 Å². The van der Waals surface area contributed by atoms with E-state index in [1.54, 1.807) is 0 Å². The molecule has 0 radical (unpaired) electrons. The molecule has 0 saturated heterocycles. The van der Waals surface area contributed by atoms with Crippen LogP contribution in [0.5, 0.6) is 0 Å². The van der Waals surface area contributed by atoms with Gasteiger partial charge in [0.1, 0.15) is 5.56 Å². The third-order valence-electron chi connectivity index (χ3n) is 2.06. The van der Waals surface area contributed by atoms with E-state index in [0.29, 0.717) is 0 Å². The number of methoxy groups -OCH3 is 1. The number of hydrogen-bond acceptors (Lipinski definition) is 5. The van der Waals surface area contributed by atoms with Crippen LogP contribution in [0, 0.1) is 0 Å². The number of carbonyl (C=O) groups excluding carboxylic acids is 2. The summed E-state index contributed by atoms with van der Waals surface area (Å²) in [4.78, 5) is 45.2. The number of carbonyl (C=O) groups is 2. The minimum Gasteiger partial charge on any atom is -0.463 e. The Morgan fingerprint density at radius 2 is 1.81 bits per heavy atom. The van der Waals surface area contributed by atoms with Crippen LogP contribution in [-0.4, -0.2) is 28.0 Å². The molecule has 16 heavy (non-hydrogen) atoms. The van der Waals surface area contributed by atoms with Crippen molar-refractivity contribution in [2.45, 2.75) is 0 Å². The molecule has 0 atom stereocenters. The molecule has 0 spiro atoms. The summed E-state index contributed by atoms with van der Waals surface area (Å²) in [7, 11) is 3.63. The van der Waals surface area contributed by atoms with Gasteiger partial charge in [0.25, 0.3) is 11.3 Å². The van der Waals surface area contributed by atoms with Crippen molar-refractivity contribution in [1.29, 1.82) is 0 Å². The fourth-order valence-electron chi connectivity index (χ4n) is 1.17. The van der Waals surface area contributed by atoms with Crippen molar-refractivity contribution in [2.24, 2.45) is 14.1 Å². The van der Waals surface area contributed by atoms with Gasteiger partial charge in [-0.15, -0.1) is 0 Å². The number of Topliss-reactive ketones (excluding diaryl/α,β-unsaturated/α-hetero) is 1. The van der Waals surface area contributed by atoms with Crippen LogP contribution in [-0.2, 0) is 23.6 Å². The Morgan fingerprint density at radius 3 is 2.31 bits per heavy atom. The maximum atomic E-state index is 11.5. The van der Waals surface area contributed by atoms with Crippen LogP contribution < -0.4 is 11.2 Å². The van der Waals surface area contributed by atoms with E-state index in [4.69, 9.17) is 0 Å². The summed E-state index contributed by atoms with van der Waals surface area (Å²) in [6.07, 6.45) is 1.02. The van der Waals surface area contributed by atoms with Crippen molar-refractivity contribution < 1.29 is 14.3 Å². The fraction of sp³-hybridized carbons (Fsp3) is 0.333. The molecular formula is C9H10N2O5. The van der Waals surface area contributed by atoms with Crippen molar-refractivity contribution in [3.8, 4) is 0 Å². The van der Waals surface area contributed by atoms with Crippen LogP contribution in [0.3, 0.4) is 0 Å². The van der Waals surface area contributed by atoms with Gasteiger partial charge in [-0.3, -0.25) is 14.2 Å². The van der Waals surface area contributed by atoms with Gasteiger partial charge in [0.2, 0.25) is 0 Å². The molecule has 0 unspecified atom stereocenters. The lowest BCUT2D eigenvalue weighted by Gasteiger charge is -2.04.